The van der Waals surface area contributed by atoms with Crippen LogP contribution in [0.1, 0.15) is 78.0 Å². The number of ether oxygens (including phenoxy) is 2. The number of aromatic nitrogens is 2. The Hall–Kier alpha value is -5.14. The molecule has 0 amide bonds. The molecule has 5 aromatic carbocycles. The number of thiophene rings is 1. The number of anilines is 3. The number of nitrogens with zero attached hydrogens (tertiary/aromatic N) is 3. The quantitative estimate of drug-likeness (QED) is 0.171. The van der Waals surface area contributed by atoms with Crippen LogP contribution in [-0.4, -0.2) is 16.7 Å². The van der Waals surface area contributed by atoms with E-state index in [-0.39, 0.29) is 23.0 Å². The average molecular weight is 712 g/mol. The van der Waals surface area contributed by atoms with Gasteiger partial charge in [0.05, 0.1) is 5.46 Å². The summed E-state index contributed by atoms with van der Waals surface area (Å²) in [6, 6.07) is 37.2. The van der Waals surface area contributed by atoms with E-state index in [1.165, 1.54) is 26.8 Å². The molecule has 0 fully saturated rings. The molecular weight excluding hydrogens is 669 g/mol. The minimum Gasteiger partial charge on any atom is -0.440 e. The zero-order chi connectivity index (χ0) is 36.4. The first-order chi connectivity index (χ1) is 25.4. The number of rotatable bonds is 3. The SMILES string of the molecule is CC(C)(C)c1ccc2sc3c(c2c1)Oc1nc(N(c2ccc4c(c2)C(C)(C)CCC4(C)C)c2ccc4ccccc4c2)nc2c1B3c1ccccc1O2. The first kappa shape index (κ1) is 32.5. The Balaban J connectivity index is 1.21. The van der Waals surface area contributed by atoms with E-state index in [1.807, 2.05) is 12.1 Å². The van der Waals surface area contributed by atoms with Gasteiger partial charge in [-0.25, -0.2) is 0 Å². The van der Waals surface area contributed by atoms with Crippen LogP contribution in [0, 0.1) is 0 Å². The lowest BCUT2D eigenvalue weighted by atomic mass is 9.38. The van der Waals surface area contributed by atoms with Crippen molar-refractivity contribution < 1.29 is 9.47 Å². The fourth-order valence-corrected chi connectivity index (χ4v) is 9.87. The van der Waals surface area contributed by atoms with Gasteiger partial charge < -0.3 is 9.47 Å². The predicted molar refractivity (Wildman–Crippen MR) is 221 cm³/mol. The third-order valence-corrected chi connectivity index (χ3v) is 13.1. The van der Waals surface area contributed by atoms with Crippen molar-refractivity contribution in [2.24, 2.45) is 0 Å². The highest BCUT2D eigenvalue weighted by molar-refractivity contribution is 7.33. The van der Waals surface area contributed by atoms with E-state index in [2.05, 4.69) is 144 Å². The molecule has 3 aliphatic rings. The van der Waals surface area contributed by atoms with Gasteiger partial charge in [0.1, 0.15) is 11.5 Å². The lowest BCUT2D eigenvalue weighted by Crippen LogP contribution is -2.57. The maximum absolute atomic E-state index is 7.00. The number of hydrogen-bond donors (Lipinski definition) is 0. The lowest BCUT2D eigenvalue weighted by Gasteiger charge is -2.42. The minimum absolute atomic E-state index is 0.00237. The second kappa shape index (κ2) is 11.2. The van der Waals surface area contributed by atoms with Crippen molar-refractivity contribution in [3.8, 4) is 23.3 Å². The fourth-order valence-electron chi connectivity index (χ4n) is 8.63. The molecule has 5 nitrogen and oxygen atoms in total. The van der Waals surface area contributed by atoms with Gasteiger partial charge in [-0.1, -0.05) is 109 Å². The standard InChI is InChI=1S/C46H42BN3O2S/c1-44(2,3)29-17-21-37-32(25-29)39-40(53-37)47-35-14-10-11-15-36(35)51-41-38(47)42(52-39)49-43(48-41)50(30-18-16-27-12-8-9-13-28(27)24-30)31-19-20-33-34(26-31)46(6,7)23-22-45(33,4)5/h8-21,24-26H,22-23H2,1-7H3. The number of benzene rings is 5. The number of hydrogen-bond acceptors (Lipinski definition) is 6. The first-order valence-corrected chi connectivity index (χ1v) is 19.5. The van der Waals surface area contributed by atoms with E-state index < -0.39 is 0 Å². The second-order valence-corrected chi connectivity index (χ2v) is 18.4. The zero-order valence-electron chi connectivity index (χ0n) is 31.4. The van der Waals surface area contributed by atoms with Gasteiger partial charge in [-0.2, -0.15) is 9.97 Å². The Morgan fingerprint density at radius 3 is 2.17 bits per heavy atom. The van der Waals surface area contributed by atoms with Gasteiger partial charge in [-0.05, 0) is 104 Å². The van der Waals surface area contributed by atoms with Crippen molar-refractivity contribution in [3.63, 3.8) is 0 Å². The second-order valence-electron chi connectivity index (χ2n) is 17.3. The van der Waals surface area contributed by atoms with Crippen molar-refractivity contribution in [2.75, 3.05) is 4.90 Å². The van der Waals surface area contributed by atoms with Gasteiger partial charge in [-0.3, -0.25) is 4.90 Å². The number of para-hydroxylation sites is 1. The van der Waals surface area contributed by atoms with Gasteiger partial charge in [-0.15, -0.1) is 11.3 Å². The summed E-state index contributed by atoms with van der Waals surface area (Å²) in [5, 5.41) is 3.46. The molecular formula is C46H42BN3O2S. The van der Waals surface area contributed by atoms with Crippen LogP contribution in [0.2, 0.25) is 0 Å². The average Bonchev–Trinajstić information content (AvgIpc) is 3.51. The van der Waals surface area contributed by atoms with Crippen LogP contribution in [0.4, 0.5) is 17.3 Å². The Morgan fingerprint density at radius 2 is 1.38 bits per heavy atom. The van der Waals surface area contributed by atoms with E-state index in [1.54, 1.807) is 11.3 Å². The van der Waals surface area contributed by atoms with Crippen molar-refractivity contribution in [2.45, 2.75) is 77.6 Å². The van der Waals surface area contributed by atoms with Gasteiger partial charge in [0.25, 0.3) is 6.71 Å². The number of fused-ring (bicyclic) bond motifs is 8. The van der Waals surface area contributed by atoms with Crippen LogP contribution in [-0.2, 0) is 16.2 Å². The Bertz CT molecular complexity index is 2650. The largest absolute Gasteiger partial charge is 0.440 e. The maximum atomic E-state index is 7.00. The Morgan fingerprint density at radius 1 is 0.698 bits per heavy atom. The van der Waals surface area contributed by atoms with Crippen LogP contribution in [0.25, 0.3) is 20.9 Å². The molecule has 1 aliphatic carbocycles. The third-order valence-electron chi connectivity index (χ3n) is 11.9. The molecule has 0 saturated heterocycles. The van der Waals surface area contributed by atoms with Gasteiger partial charge in [0, 0.05) is 26.2 Å². The smallest absolute Gasteiger partial charge is 0.277 e. The van der Waals surface area contributed by atoms with Crippen molar-refractivity contribution in [3.05, 3.63) is 120 Å². The molecule has 7 heteroatoms. The highest BCUT2D eigenvalue weighted by Gasteiger charge is 2.45. The summed E-state index contributed by atoms with van der Waals surface area (Å²) in [6.45, 7) is 16.2. The van der Waals surface area contributed by atoms with Gasteiger partial charge in [0.15, 0.2) is 0 Å². The summed E-state index contributed by atoms with van der Waals surface area (Å²) in [5.41, 5.74) is 8.17. The van der Waals surface area contributed by atoms with Crippen LogP contribution in [0.3, 0.4) is 0 Å². The summed E-state index contributed by atoms with van der Waals surface area (Å²) in [5.74, 6) is 3.30. The Labute approximate surface area is 315 Å². The molecule has 0 radical (unpaired) electrons. The van der Waals surface area contributed by atoms with Crippen molar-refractivity contribution in [1.82, 2.24) is 9.97 Å². The predicted octanol–water partition coefficient (Wildman–Crippen LogP) is 10.7. The van der Waals surface area contributed by atoms with Crippen LogP contribution in [0.5, 0.6) is 23.3 Å². The summed E-state index contributed by atoms with van der Waals surface area (Å²) in [4.78, 5) is 12.9. The lowest BCUT2D eigenvalue weighted by molar-refractivity contribution is 0.332. The maximum Gasteiger partial charge on any atom is 0.277 e. The van der Waals surface area contributed by atoms with Crippen molar-refractivity contribution >= 4 is 71.9 Å². The van der Waals surface area contributed by atoms with E-state index >= 15 is 0 Å². The minimum atomic E-state index is -0.0980. The molecule has 0 spiro atoms. The molecule has 4 heterocycles. The van der Waals surface area contributed by atoms with E-state index in [0.29, 0.717) is 17.7 Å². The molecule has 10 rings (SSSR count). The molecule has 2 aromatic heterocycles. The third kappa shape index (κ3) is 5.04. The topological polar surface area (TPSA) is 47.5 Å². The monoisotopic (exact) mass is 711 g/mol. The summed E-state index contributed by atoms with van der Waals surface area (Å²) in [7, 11) is 0. The molecule has 0 atom stereocenters. The van der Waals surface area contributed by atoms with Crippen LogP contribution in [0.15, 0.2) is 103 Å². The van der Waals surface area contributed by atoms with E-state index in [0.717, 1.165) is 62.2 Å². The fraction of sp³-hybridized carbons (Fsp3) is 0.261. The molecule has 0 saturated carbocycles. The summed E-state index contributed by atoms with van der Waals surface area (Å²) >= 11 is 1.79. The van der Waals surface area contributed by atoms with Crippen LogP contribution >= 0.6 is 11.3 Å². The Kier molecular flexibility index (Phi) is 6.86. The van der Waals surface area contributed by atoms with Gasteiger partial charge in [0.2, 0.25) is 17.7 Å². The van der Waals surface area contributed by atoms with Crippen LogP contribution < -0.4 is 30.1 Å². The molecule has 0 N–H and O–H groups in total. The zero-order valence-corrected chi connectivity index (χ0v) is 32.2. The molecule has 7 aromatic rings. The normalized spacial score (nSPS) is 16.2. The van der Waals surface area contributed by atoms with E-state index in [9.17, 15) is 0 Å². The molecule has 262 valence electrons. The molecule has 0 bridgehead atoms. The van der Waals surface area contributed by atoms with Gasteiger partial charge >= 0.3 is 0 Å². The van der Waals surface area contributed by atoms with E-state index in [4.69, 9.17) is 19.4 Å². The van der Waals surface area contributed by atoms with Crippen molar-refractivity contribution in [1.29, 1.82) is 0 Å². The highest BCUT2D eigenvalue weighted by atomic mass is 32.1. The first-order valence-electron chi connectivity index (χ1n) is 18.7. The molecule has 53 heavy (non-hydrogen) atoms. The summed E-state index contributed by atoms with van der Waals surface area (Å²) < 4.78 is 16.1. The molecule has 0 unspecified atom stereocenters. The summed E-state index contributed by atoms with van der Waals surface area (Å²) in [6.07, 6.45) is 2.29. The highest BCUT2D eigenvalue weighted by Crippen LogP contribution is 2.49. The molecule has 2 aliphatic heterocycles.